The van der Waals surface area contributed by atoms with Crippen LogP contribution in [0.1, 0.15) is 16.7 Å². The molecule has 0 saturated carbocycles. The molecule has 0 bridgehead atoms. The number of hydrogen-bond donors (Lipinski definition) is 0. The van der Waals surface area contributed by atoms with Gasteiger partial charge in [-0.2, -0.15) is 5.26 Å². The molecule has 0 aliphatic carbocycles. The van der Waals surface area contributed by atoms with Gasteiger partial charge < -0.3 is 4.74 Å². The van der Waals surface area contributed by atoms with E-state index in [0.29, 0.717) is 39.1 Å². The fraction of sp³-hybridized carbons (Fsp3) is 0.120. The predicted molar refractivity (Wildman–Crippen MR) is 128 cm³/mol. The number of nitrogens with zero attached hydrogens (tertiary/aromatic N) is 5. The summed E-state index contributed by atoms with van der Waals surface area (Å²) in [5, 5.41) is 19.1. The largest absolute Gasteiger partial charge is 0.495 e. The highest BCUT2D eigenvalue weighted by atomic mass is 32.2. The molecule has 0 fully saturated rings. The minimum Gasteiger partial charge on any atom is -0.495 e. The van der Waals surface area contributed by atoms with Crippen LogP contribution in [0, 0.1) is 18.3 Å². The van der Waals surface area contributed by atoms with E-state index in [1.807, 2.05) is 65.9 Å². The first-order chi connectivity index (χ1) is 16.1. The quantitative estimate of drug-likeness (QED) is 0.364. The average Bonchev–Trinajstić information content (AvgIpc) is 3.27. The molecule has 7 nitrogen and oxygen atoms in total. The molecule has 0 amide bonds. The van der Waals surface area contributed by atoms with E-state index in [9.17, 15) is 4.79 Å². The number of nitriles is 1. The third kappa shape index (κ3) is 3.62. The summed E-state index contributed by atoms with van der Waals surface area (Å²) in [5.41, 5.74) is 3.87. The second-order valence-corrected chi connectivity index (χ2v) is 8.49. The molecule has 5 rings (SSSR count). The van der Waals surface area contributed by atoms with Gasteiger partial charge >= 0.3 is 0 Å². The molecule has 5 aromatic rings. The van der Waals surface area contributed by atoms with Crippen molar-refractivity contribution in [3.8, 4) is 17.5 Å². The highest BCUT2D eigenvalue weighted by molar-refractivity contribution is 7.98. The Morgan fingerprint density at radius 2 is 1.85 bits per heavy atom. The third-order valence-corrected chi connectivity index (χ3v) is 6.42. The van der Waals surface area contributed by atoms with Crippen molar-refractivity contribution in [1.82, 2.24) is 19.2 Å². The molecule has 162 valence electrons. The van der Waals surface area contributed by atoms with Crippen LogP contribution in [0.4, 0.5) is 0 Å². The van der Waals surface area contributed by atoms with E-state index >= 15 is 0 Å². The van der Waals surface area contributed by atoms with Crippen molar-refractivity contribution in [3.63, 3.8) is 0 Å². The van der Waals surface area contributed by atoms with Gasteiger partial charge in [-0.1, -0.05) is 42.1 Å². The van der Waals surface area contributed by atoms with Crippen molar-refractivity contribution in [3.05, 3.63) is 93.8 Å². The number of methoxy groups -OCH3 is 1. The van der Waals surface area contributed by atoms with Gasteiger partial charge in [0.05, 0.1) is 35.3 Å². The molecular formula is C25H19N5O2S. The predicted octanol–water partition coefficient (Wildman–Crippen LogP) is 4.51. The van der Waals surface area contributed by atoms with E-state index < -0.39 is 0 Å². The molecular weight excluding hydrogens is 434 g/mol. The molecule has 0 spiro atoms. The summed E-state index contributed by atoms with van der Waals surface area (Å²) < 4.78 is 9.03. The van der Waals surface area contributed by atoms with Gasteiger partial charge in [0.1, 0.15) is 5.75 Å². The molecule has 0 saturated heterocycles. The first-order valence-corrected chi connectivity index (χ1v) is 11.2. The Morgan fingerprint density at radius 1 is 1.06 bits per heavy atom. The van der Waals surface area contributed by atoms with E-state index in [-0.39, 0.29) is 5.56 Å². The molecule has 33 heavy (non-hydrogen) atoms. The molecule has 2 heterocycles. The van der Waals surface area contributed by atoms with Crippen molar-refractivity contribution in [2.24, 2.45) is 0 Å². The SMILES string of the molecule is COc1ccc(C)cc1-n1c(=O)c2ccccc2n2c(SCc3ccc(C#N)cc3)nnc12. The lowest BCUT2D eigenvalue weighted by molar-refractivity contribution is 0.412. The summed E-state index contributed by atoms with van der Waals surface area (Å²) in [5.74, 6) is 1.65. The van der Waals surface area contributed by atoms with Gasteiger partial charge in [-0.3, -0.25) is 9.20 Å². The maximum Gasteiger partial charge on any atom is 0.267 e. The van der Waals surface area contributed by atoms with Gasteiger partial charge in [0.2, 0.25) is 5.78 Å². The lowest BCUT2D eigenvalue weighted by Gasteiger charge is -2.14. The average molecular weight is 454 g/mol. The smallest absolute Gasteiger partial charge is 0.267 e. The van der Waals surface area contributed by atoms with Crippen molar-refractivity contribution in [1.29, 1.82) is 5.26 Å². The summed E-state index contributed by atoms with van der Waals surface area (Å²) in [7, 11) is 1.58. The van der Waals surface area contributed by atoms with Crippen LogP contribution in [0.15, 0.2) is 76.7 Å². The summed E-state index contributed by atoms with van der Waals surface area (Å²) in [6.45, 7) is 1.97. The van der Waals surface area contributed by atoms with Crippen LogP contribution in [0.3, 0.4) is 0 Å². The Hall–Kier alpha value is -4.09. The highest BCUT2D eigenvalue weighted by Crippen LogP contribution is 2.29. The molecule has 0 N–H and O–H groups in total. The summed E-state index contributed by atoms with van der Waals surface area (Å²) in [6, 6.07) is 22.7. The van der Waals surface area contributed by atoms with Gasteiger partial charge in [0.15, 0.2) is 5.16 Å². The number of para-hydroxylation sites is 1. The minimum atomic E-state index is -0.182. The minimum absolute atomic E-state index is 0.182. The number of aromatic nitrogens is 4. The van der Waals surface area contributed by atoms with Crippen LogP contribution < -0.4 is 10.3 Å². The van der Waals surface area contributed by atoms with E-state index in [1.165, 1.54) is 11.8 Å². The number of thioether (sulfide) groups is 1. The van der Waals surface area contributed by atoms with Crippen LogP contribution in [-0.2, 0) is 5.75 Å². The second-order valence-electron chi connectivity index (χ2n) is 7.55. The molecule has 0 radical (unpaired) electrons. The monoisotopic (exact) mass is 453 g/mol. The molecule has 8 heteroatoms. The third-order valence-electron chi connectivity index (χ3n) is 5.42. The Bertz CT molecular complexity index is 1600. The molecule has 3 aromatic carbocycles. The number of hydrogen-bond acceptors (Lipinski definition) is 6. The normalized spacial score (nSPS) is 11.1. The summed E-state index contributed by atoms with van der Waals surface area (Å²) in [4.78, 5) is 13.6. The Morgan fingerprint density at radius 3 is 2.61 bits per heavy atom. The number of fused-ring (bicyclic) bond motifs is 3. The van der Waals surface area contributed by atoms with Crippen LogP contribution in [0.2, 0.25) is 0 Å². The standard InChI is InChI=1S/C25H19N5O2S/c1-16-7-12-22(32-2)21(13-16)29-23(31)19-5-3-4-6-20(19)30-24(29)27-28-25(30)33-15-18-10-8-17(14-26)9-11-18/h3-13H,15H2,1-2H3. The van der Waals surface area contributed by atoms with Crippen LogP contribution in [0.5, 0.6) is 5.75 Å². The molecule has 2 aromatic heterocycles. The van der Waals surface area contributed by atoms with Crippen molar-refractivity contribution >= 4 is 28.4 Å². The van der Waals surface area contributed by atoms with Crippen molar-refractivity contribution in [2.75, 3.05) is 7.11 Å². The number of benzene rings is 3. The lowest BCUT2D eigenvalue weighted by atomic mass is 10.2. The molecule has 0 aliphatic rings. The summed E-state index contributed by atoms with van der Waals surface area (Å²) >= 11 is 1.52. The zero-order valence-electron chi connectivity index (χ0n) is 18.0. The zero-order chi connectivity index (χ0) is 22.9. The van der Waals surface area contributed by atoms with Crippen molar-refractivity contribution in [2.45, 2.75) is 17.8 Å². The fourth-order valence-electron chi connectivity index (χ4n) is 3.79. The van der Waals surface area contributed by atoms with Gasteiger partial charge in [-0.15, -0.1) is 10.2 Å². The van der Waals surface area contributed by atoms with Gasteiger partial charge in [-0.05, 0) is 54.4 Å². The van der Waals surface area contributed by atoms with Crippen molar-refractivity contribution < 1.29 is 4.74 Å². The number of aryl methyl sites for hydroxylation is 1. The first kappa shape index (κ1) is 20.8. The van der Waals surface area contributed by atoms with E-state index in [0.717, 1.165) is 16.6 Å². The summed E-state index contributed by atoms with van der Waals surface area (Å²) in [6.07, 6.45) is 0. The topological polar surface area (TPSA) is 85.2 Å². The number of ether oxygens (including phenoxy) is 1. The lowest BCUT2D eigenvalue weighted by Crippen LogP contribution is -2.22. The van der Waals surface area contributed by atoms with Gasteiger partial charge in [0.25, 0.3) is 5.56 Å². The molecule has 0 aliphatic heterocycles. The van der Waals surface area contributed by atoms with Crippen LogP contribution >= 0.6 is 11.8 Å². The first-order valence-electron chi connectivity index (χ1n) is 10.3. The van der Waals surface area contributed by atoms with E-state index in [4.69, 9.17) is 10.00 Å². The molecule has 0 atom stereocenters. The van der Waals surface area contributed by atoms with Gasteiger partial charge in [-0.25, -0.2) is 4.57 Å². The Kier molecular flexibility index (Phi) is 5.32. The number of rotatable bonds is 5. The van der Waals surface area contributed by atoms with E-state index in [2.05, 4.69) is 16.3 Å². The second kappa shape index (κ2) is 8.45. The highest BCUT2D eigenvalue weighted by Gasteiger charge is 2.20. The molecule has 0 unspecified atom stereocenters. The van der Waals surface area contributed by atoms with Crippen LogP contribution in [-0.4, -0.2) is 26.3 Å². The maximum atomic E-state index is 13.6. The van der Waals surface area contributed by atoms with Gasteiger partial charge in [0, 0.05) is 5.75 Å². The Labute approximate surface area is 193 Å². The fourth-order valence-corrected chi connectivity index (χ4v) is 4.68. The Balaban J connectivity index is 1.70. The maximum absolute atomic E-state index is 13.6. The van der Waals surface area contributed by atoms with E-state index in [1.54, 1.807) is 23.8 Å². The van der Waals surface area contributed by atoms with Crippen LogP contribution in [0.25, 0.3) is 22.4 Å². The zero-order valence-corrected chi connectivity index (χ0v) is 18.8.